The number of carbonyl (C=O) groups is 2. The lowest BCUT2D eigenvalue weighted by Gasteiger charge is -2.12. The molecule has 0 saturated heterocycles. The Morgan fingerprint density at radius 3 is 2.79 bits per heavy atom. The Labute approximate surface area is 223 Å². The summed E-state index contributed by atoms with van der Waals surface area (Å²) in [4.78, 5) is 25.8. The quantitative estimate of drug-likeness (QED) is 0.216. The standard InChI is InChI=1S/C25H16BrFN6O5/c1-29-16-8-14(12-28)9-17(11-16)38-24-19(26)3-2-15(23(24)27)10-20-18-6-7-30-31-25(18)33(32-20)13-37-22(36)5-4-21(34)35/h2-3,6-9,11H,4-5,10,13H2,(H,34,35). The molecule has 38 heavy (non-hydrogen) atoms. The molecule has 0 aliphatic rings. The van der Waals surface area contributed by atoms with E-state index in [4.69, 9.17) is 21.2 Å². The molecule has 0 aliphatic carbocycles. The predicted molar refractivity (Wildman–Crippen MR) is 133 cm³/mol. The molecule has 2 aromatic heterocycles. The number of hydrogen-bond acceptors (Lipinski definition) is 8. The van der Waals surface area contributed by atoms with Crippen molar-refractivity contribution in [1.82, 2.24) is 20.0 Å². The lowest BCUT2D eigenvalue weighted by Crippen LogP contribution is -2.12. The first-order valence-electron chi connectivity index (χ1n) is 10.9. The van der Waals surface area contributed by atoms with Gasteiger partial charge in [-0.1, -0.05) is 6.07 Å². The predicted octanol–water partition coefficient (Wildman–Crippen LogP) is 4.90. The molecule has 4 aromatic rings. The van der Waals surface area contributed by atoms with Crippen LogP contribution in [-0.4, -0.2) is 37.0 Å². The smallest absolute Gasteiger partial charge is 0.308 e. The molecule has 190 valence electrons. The van der Waals surface area contributed by atoms with Gasteiger partial charge >= 0.3 is 11.9 Å². The van der Waals surface area contributed by atoms with Gasteiger partial charge in [-0.3, -0.25) is 9.59 Å². The number of carboxylic acids is 1. The van der Waals surface area contributed by atoms with Gasteiger partial charge in [0, 0.05) is 17.4 Å². The largest absolute Gasteiger partial charge is 0.481 e. The number of hydrogen-bond donors (Lipinski definition) is 1. The minimum absolute atomic E-state index is 0.0170. The molecule has 0 bridgehead atoms. The topological polar surface area (TPSA) is 145 Å². The number of nitrogens with zero attached hydrogens (tertiary/aromatic N) is 6. The molecule has 2 heterocycles. The van der Waals surface area contributed by atoms with Crippen molar-refractivity contribution in [3.05, 3.63) is 81.1 Å². The van der Waals surface area contributed by atoms with E-state index >= 15 is 4.39 Å². The molecule has 1 N–H and O–H groups in total. The number of ether oxygens (including phenoxy) is 2. The number of esters is 1. The zero-order chi connectivity index (χ0) is 27.2. The fourth-order valence-corrected chi connectivity index (χ4v) is 3.88. The maximum absolute atomic E-state index is 15.6. The summed E-state index contributed by atoms with van der Waals surface area (Å²) in [5.41, 5.74) is 1.32. The Bertz CT molecular complexity index is 1610. The van der Waals surface area contributed by atoms with Crippen molar-refractivity contribution >= 4 is 44.6 Å². The van der Waals surface area contributed by atoms with Gasteiger partial charge in [0.25, 0.3) is 0 Å². The van der Waals surface area contributed by atoms with E-state index in [0.717, 1.165) is 0 Å². The Morgan fingerprint density at radius 2 is 2.05 bits per heavy atom. The van der Waals surface area contributed by atoms with E-state index in [1.807, 2.05) is 6.07 Å². The van der Waals surface area contributed by atoms with E-state index in [1.54, 1.807) is 18.2 Å². The number of benzene rings is 2. The molecule has 0 fully saturated rings. The van der Waals surface area contributed by atoms with Crippen molar-refractivity contribution in [3.8, 4) is 17.6 Å². The molecule has 4 rings (SSSR count). The van der Waals surface area contributed by atoms with Crippen LogP contribution in [0.15, 0.2) is 47.1 Å². The highest BCUT2D eigenvalue weighted by molar-refractivity contribution is 9.10. The van der Waals surface area contributed by atoms with Gasteiger partial charge in [-0.05, 0) is 51.8 Å². The summed E-state index contributed by atoms with van der Waals surface area (Å²) in [6, 6.07) is 10.9. The maximum Gasteiger partial charge on any atom is 0.308 e. The minimum Gasteiger partial charge on any atom is -0.481 e. The highest BCUT2D eigenvalue weighted by Crippen LogP contribution is 2.36. The molecule has 2 aromatic carbocycles. The number of rotatable bonds is 9. The zero-order valence-corrected chi connectivity index (χ0v) is 21.0. The highest BCUT2D eigenvalue weighted by atomic mass is 79.9. The average Bonchev–Trinajstić information content (AvgIpc) is 3.27. The average molecular weight is 579 g/mol. The van der Waals surface area contributed by atoms with Gasteiger partial charge in [0.05, 0.1) is 41.8 Å². The number of aliphatic carboxylic acids is 1. The second-order valence-corrected chi connectivity index (χ2v) is 8.68. The number of carboxylic acid groups (broad SMARTS) is 1. The van der Waals surface area contributed by atoms with Crippen LogP contribution in [0.25, 0.3) is 15.9 Å². The van der Waals surface area contributed by atoms with E-state index < -0.39 is 17.8 Å². The van der Waals surface area contributed by atoms with Gasteiger partial charge in [0.15, 0.2) is 29.6 Å². The number of fused-ring (bicyclic) bond motifs is 1. The van der Waals surface area contributed by atoms with Gasteiger partial charge in [-0.25, -0.2) is 13.9 Å². The SMILES string of the molecule is [C-]#[N+]c1cc(C#N)cc(Oc2c(Br)ccc(Cc3nn(COC(=O)CCC(=O)O)c4nnccc34)c2F)c1. The fourth-order valence-electron chi connectivity index (χ4n) is 3.50. The molecule has 0 atom stereocenters. The van der Waals surface area contributed by atoms with Gasteiger partial charge in [0.2, 0.25) is 0 Å². The second-order valence-electron chi connectivity index (χ2n) is 7.82. The summed E-state index contributed by atoms with van der Waals surface area (Å²) in [7, 11) is 0. The van der Waals surface area contributed by atoms with Crippen molar-refractivity contribution in [2.75, 3.05) is 0 Å². The molecule has 0 aliphatic heterocycles. The number of carbonyl (C=O) groups excluding carboxylic acids is 1. The summed E-state index contributed by atoms with van der Waals surface area (Å²) < 4.78 is 28.1. The summed E-state index contributed by atoms with van der Waals surface area (Å²) >= 11 is 3.28. The summed E-state index contributed by atoms with van der Waals surface area (Å²) in [6.45, 7) is 6.87. The fraction of sp³-hybridized carbons (Fsp3) is 0.160. The molecule has 11 nitrogen and oxygen atoms in total. The second kappa shape index (κ2) is 11.5. The van der Waals surface area contributed by atoms with Crippen LogP contribution in [0.4, 0.5) is 10.1 Å². The van der Waals surface area contributed by atoms with Crippen LogP contribution in [0.1, 0.15) is 29.7 Å². The number of aromatic nitrogens is 4. The number of nitriles is 1. The first kappa shape index (κ1) is 26.2. The van der Waals surface area contributed by atoms with Crippen molar-refractivity contribution in [1.29, 1.82) is 5.26 Å². The van der Waals surface area contributed by atoms with Crippen LogP contribution in [0.3, 0.4) is 0 Å². The van der Waals surface area contributed by atoms with Crippen LogP contribution in [0.2, 0.25) is 0 Å². The van der Waals surface area contributed by atoms with E-state index in [1.165, 1.54) is 29.1 Å². The first-order valence-corrected chi connectivity index (χ1v) is 11.7. The molecule has 0 amide bonds. The third kappa shape index (κ3) is 5.91. The highest BCUT2D eigenvalue weighted by Gasteiger charge is 2.20. The Kier molecular flexibility index (Phi) is 7.89. The molecule has 0 unspecified atom stereocenters. The molecule has 0 radical (unpaired) electrons. The Balaban J connectivity index is 1.61. The lowest BCUT2D eigenvalue weighted by atomic mass is 10.1. The van der Waals surface area contributed by atoms with Crippen molar-refractivity contribution in [2.24, 2.45) is 0 Å². The van der Waals surface area contributed by atoms with Gasteiger partial charge in [-0.2, -0.15) is 15.5 Å². The van der Waals surface area contributed by atoms with Crippen LogP contribution < -0.4 is 4.74 Å². The Morgan fingerprint density at radius 1 is 1.24 bits per heavy atom. The van der Waals surface area contributed by atoms with Crippen molar-refractivity contribution in [3.63, 3.8) is 0 Å². The molecule has 0 spiro atoms. The normalized spacial score (nSPS) is 10.5. The monoisotopic (exact) mass is 578 g/mol. The third-order valence-electron chi connectivity index (χ3n) is 5.25. The van der Waals surface area contributed by atoms with Crippen LogP contribution in [0, 0.1) is 23.7 Å². The zero-order valence-electron chi connectivity index (χ0n) is 19.4. The molecule has 13 heteroatoms. The van der Waals surface area contributed by atoms with Crippen molar-refractivity contribution in [2.45, 2.75) is 26.0 Å². The Hall–Kier alpha value is -4.88. The van der Waals surface area contributed by atoms with Crippen LogP contribution >= 0.6 is 15.9 Å². The van der Waals surface area contributed by atoms with E-state index in [2.05, 4.69) is 36.1 Å². The lowest BCUT2D eigenvalue weighted by molar-refractivity contribution is -0.150. The van der Waals surface area contributed by atoms with E-state index in [0.29, 0.717) is 21.2 Å². The molecular formula is C25H16BrFN6O5. The first-order chi connectivity index (χ1) is 18.3. The van der Waals surface area contributed by atoms with Gasteiger partial charge < -0.3 is 14.6 Å². The summed E-state index contributed by atoms with van der Waals surface area (Å²) in [5, 5.41) is 30.7. The number of halogens is 2. The summed E-state index contributed by atoms with van der Waals surface area (Å²) in [6.07, 6.45) is 0.801. The van der Waals surface area contributed by atoms with Crippen LogP contribution in [0.5, 0.6) is 11.5 Å². The van der Waals surface area contributed by atoms with Crippen molar-refractivity contribution < 1.29 is 28.6 Å². The van der Waals surface area contributed by atoms with E-state index in [-0.39, 0.29) is 54.3 Å². The van der Waals surface area contributed by atoms with Gasteiger partial charge in [-0.15, -0.1) is 5.10 Å². The summed E-state index contributed by atoms with van der Waals surface area (Å²) in [5.74, 6) is -2.53. The van der Waals surface area contributed by atoms with Crippen LogP contribution in [-0.2, 0) is 27.5 Å². The molecular weight excluding hydrogens is 563 g/mol. The minimum atomic E-state index is -1.12. The maximum atomic E-state index is 15.6. The van der Waals surface area contributed by atoms with Gasteiger partial charge in [0.1, 0.15) is 5.75 Å². The molecule has 0 saturated carbocycles. The van der Waals surface area contributed by atoms with E-state index in [9.17, 15) is 14.9 Å². The third-order valence-corrected chi connectivity index (χ3v) is 5.87.